The van der Waals surface area contributed by atoms with Gasteiger partial charge in [0.2, 0.25) is 5.91 Å². The monoisotopic (exact) mass is 339 g/mol. The molecule has 1 aromatic rings. The minimum atomic E-state index is -1.04. The average molecular weight is 339 g/mol. The highest BCUT2D eigenvalue weighted by Gasteiger charge is 2.21. The number of carbonyl (C=O) groups is 2. The van der Waals surface area contributed by atoms with Gasteiger partial charge in [-0.2, -0.15) is 0 Å². The van der Waals surface area contributed by atoms with Gasteiger partial charge >= 0.3 is 5.97 Å². The van der Waals surface area contributed by atoms with Gasteiger partial charge in [-0.25, -0.2) is 4.79 Å². The Kier molecular flexibility index (Phi) is 8.12. The molecule has 6 heteroatoms. The summed E-state index contributed by atoms with van der Waals surface area (Å²) in [7, 11) is 0. The van der Waals surface area contributed by atoms with E-state index in [-0.39, 0.29) is 24.3 Å². The number of hydrogen-bond acceptors (Lipinski definition) is 4. The molecule has 0 spiro atoms. The zero-order valence-electron chi connectivity index (χ0n) is 13.9. The molecule has 0 aliphatic rings. The number of ether oxygens (including phenoxy) is 1. The van der Waals surface area contributed by atoms with Crippen molar-refractivity contribution in [3.63, 3.8) is 0 Å². The molecule has 23 heavy (non-hydrogen) atoms. The maximum Gasteiger partial charge on any atom is 0.326 e. The van der Waals surface area contributed by atoms with Crippen LogP contribution >= 0.6 is 11.8 Å². The van der Waals surface area contributed by atoms with E-state index in [1.165, 1.54) is 0 Å². The fourth-order valence-electron chi connectivity index (χ4n) is 1.79. The lowest BCUT2D eigenvalue weighted by atomic mass is 10.1. The summed E-state index contributed by atoms with van der Waals surface area (Å²) in [5.41, 5.74) is -0.320. The van der Waals surface area contributed by atoms with Gasteiger partial charge in [0.05, 0.1) is 5.60 Å². The Bertz CT molecular complexity index is 499. The maximum atomic E-state index is 11.9. The number of carboxylic acid groups (broad SMARTS) is 1. The number of thioether (sulfide) groups is 1. The second-order valence-electron chi connectivity index (χ2n) is 6.12. The molecule has 0 fully saturated rings. The van der Waals surface area contributed by atoms with Gasteiger partial charge in [-0.05, 0) is 32.9 Å². The Balaban J connectivity index is 2.32. The fourth-order valence-corrected chi connectivity index (χ4v) is 2.66. The van der Waals surface area contributed by atoms with Crippen molar-refractivity contribution in [2.45, 2.75) is 50.2 Å². The van der Waals surface area contributed by atoms with E-state index >= 15 is 0 Å². The summed E-state index contributed by atoms with van der Waals surface area (Å²) in [5.74, 6) is -0.677. The largest absolute Gasteiger partial charge is 0.480 e. The Morgan fingerprint density at radius 3 is 2.48 bits per heavy atom. The summed E-state index contributed by atoms with van der Waals surface area (Å²) in [6, 6.07) is 8.87. The third-order valence-corrected chi connectivity index (χ3v) is 3.93. The van der Waals surface area contributed by atoms with Crippen LogP contribution in [0, 0.1) is 0 Å². The topological polar surface area (TPSA) is 75.6 Å². The molecule has 1 amide bonds. The van der Waals surface area contributed by atoms with Gasteiger partial charge in [-0.3, -0.25) is 4.79 Å². The van der Waals surface area contributed by atoms with Gasteiger partial charge in [-0.15, -0.1) is 11.8 Å². The van der Waals surface area contributed by atoms with E-state index in [1.807, 2.05) is 51.1 Å². The van der Waals surface area contributed by atoms with Crippen LogP contribution < -0.4 is 5.32 Å². The first-order chi connectivity index (χ1) is 10.8. The summed E-state index contributed by atoms with van der Waals surface area (Å²) in [5, 5.41) is 11.7. The van der Waals surface area contributed by atoms with E-state index in [4.69, 9.17) is 4.74 Å². The highest BCUT2D eigenvalue weighted by Crippen LogP contribution is 2.17. The zero-order valence-corrected chi connectivity index (χ0v) is 14.7. The van der Waals surface area contributed by atoms with Gasteiger partial charge in [0, 0.05) is 30.1 Å². The van der Waals surface area contributed by atoms with Crippen molar-refractivity contribution < 1.29 is 19.4 Å². The molecular formula is C17H25NO4S. The lowest BCUT2D eigenvalue weighted by Crippen LogP contribution is -2.42. The molecular weight excluding hydrogens is 314 g/mol. The van der Waals surface area contributed by atoms with Crippen molar-refractivity contribution >= 4 is 23.6 Å². The first-order valence-corrected chi connectivity index (χ1v) is 8.60. The molecule has 5 nitrogen and oxygen atoms in total. The number of aliphatic carboxylic acids is 1. The van der Waals surface area contributed by atoms with Crippen molar-refractivity contribution in [2.24, 2.45) is 0 Å². The normalized spacial score (nSPS) is 12.7. The third kappa shape index (κ3) is 9.25. The van der Waals surface area contributed by atoms with Crippen LogP contribution in [-0.4, -0.2) is 41.0 Å². The molecule has 0 heterocycles. The van der Waals surface area contributed by atoms with Crippen molar-refractivity contribution in [2.75, 3.05) is 12.4 Å². The Morgan fingerprint density at radius 2 is 1.91 bits per heavy atom. The number of amides is 1. The van der Waals surface area contributed by atoms with Gasteiger partial charge in [0.15, 0.2) is 0 Å². The number of carbonyl (C=O) groups excluding carboxylic acids is 1. The summed E-state index contributed by atoms with van der Waals surface area (Å²) in [6.07, 6.45) is 0.535. The van der Waals surface area contributed by atoms with Crippen LogP contribution in [0.3, 0.4) is 0 Å². The van der Waals surface area contributed by atoms with Crippen molar-refractivity contribution in [1.29, 1.82) is 0 Å². The summed E-state index contributed by atoms with van der Waals surface area (Å²) >= 11 is 1.57. The van der Waals surface area contributed by atoms with Crippen LogP contribution in [-0.2, 0) is 14.3 Å². The molecule has 1 rings (SSSR count). The van der Waals surface area contributed by atoms with Crippen LogP contribution in [0.2, 0.25) is 0 Å². The SMILES string of the molecule is CC(C)(C)OCCC(NC(=O)CCSc1ccccc1)C(=O)O. The number of benzene rings is 1. The lowest BCUT2D eigenvalue weighted by molar-refractivity contribution is -0.142. The molecule has 1 aromatic carbocycles. The molecule has 0 aliphatic heterocycles. The minimum absolute atomic E-state index is 0.253. The quantitative estimate of drug-likeness (QED) is 0.677. The molecule has 0 aliphatic carbocycles. The van der Waals surface area contributed by atoms with Crippen LogP contribution in [0.5, 0.6) is 0 Å². The average Bonchev–Trinajstić information content (AvgIpc) is 2.46. The molecule has 1 unspecified atom stereocenters. The van der Waals surface area contributed by atoms with Crippen LogP contribution in [0.15, 0.2) is 35.2 Å². The number of carboxylic acids is 1. The van der Waals surface area contributed by atoms with Crippen LogP contribution in [0.1, 0.15) is 33.6 Å². The molecule has 2 N–H and O–H groups in total. The van der Waals surface area contributed by atoms with Gasteiger partial charge in [-0.1, -0.05) is 18.2 Å². The van der Waals surface area contributed by atoms with Crippen molar-refractivity contribution in [3.8, 4) is 0 Å². The van der Waals surface area contributed by atoms with Crippen LogP contribution in [0.25, 0.3) is 0 Å². The van der Waals surface area contributed by atoms with Crippen molar-refractivity contribution in [1.82, 2.24) is 5.32 Å². The molecule has 0 saturated heterocycles. The van der Waals surface area contributed by atoms with E-state index < -0.39 is 12.0 Å². The number of nitrogens with one attached hydrogen (secondary N) is 1. The first-order valence-electron chi connectivity index (χ1n) is 7.62. The zero-order chi connectivity index (χ0) is 17.3. The third-order valence-electron chi connectivity index (χ3n) is 2.92. The van der Waals surface area contributed by atoms with E-state index in [0.29, 0.717) is 12.4 Å². The Hall–Kier alpha value is -1.53. The highest BCUT2D eigenvalue weighted by molar-refractivity contribution is 7.99. The molecule has 1 atom stereocenters. The van der Waals surface area contributed by atoms with Crippen LogP contribution in [0.4, 0.5) is 0 Å². The lowest BCUT2D eigenvalue weighted by Gasteiger charge is -2.21. The molecule has 0 aromatic heterocycles. The van der Waals surface area contributed by atoms with E-state index in [1.54, 1.807) is 11.8 Å². The van der Waals surface area contributed by atoms with Gasteiger partial charge in [0.25, 0.3) is 0 Å². The summed E-state index contributed by atoms with van der Waals surface area (Å²) < 4.78 is 5.51. The highest BCUT2D eigenvalue weighted by atomic mass is 32.2. The van der Waals surface area contributed by atoms with E-state index in [9.17, 15) is 14.7 Å². The Labute approximate surface area is 141 Å². The molecule has 0 radical (unpaired) electrons. The second kappa shape index (κ2) is 9.57. The summed E-state index contributed by atoms with van der Waals surface area (Å²) in [4.78, 5) is 24.2. The second-order valence-corrected chi connectivity index (χ2v) is 7.29. The molecule has 128 valence electrons. The molecule has 0 bridgehead atoms. The predicted molar refractivity (Wildman–Crippen MR) is 91.7 cm³/mol. The smallest absolute Gasteiger partial charge is 0.326 e. The number of hydrogen-bond donors (Lipinski definition) is 2. The first kappa shape index (κ1) is 19.5. The minimum Gasteiger partial charge on any atom is -0.480 e. The molecule has 0 saturated carbocycles. The van der Waals surface area contributed by atoms with Gasteiger partial charge in [0.1, 0.15) is 6.04 Å². The number of rotatable bonds is 9. The predicted octanol–water partition coefficient (Wildman–Crippen LogP) is 2.94. The van der Waals surface area contributed by atoms with Gasteiger partial charge < -0.3 is 15.2 Å². The standard InChI is InChI=1S/C17H25NO4S/c1-17(2,3)22-11-9-14(16(20)21)18-15(19)10-12-23-13-7-5-4-6-8-13/h4-8,14H,9-12H2,1-3H3,(H,18,19)(H,20,21). The summed E-state index contributed by atoms with van der Waals surface area (Å²) in [6.45, 7) is 6.01. The van der Waals surface area contributed by atoms with Crippen molar-refractivity contribution in [3.05, 3.63) is 30.3 Å². The maximum absolute atomic E-state index is 11.9. The Morgan fingerprint density at radius 1 is 1.26 bits per heavy atom. The van der Waals surface area contributed by atoms with E-state index in [2.05, 4.69) is 5.32 Å². The van der Waals surface area contributed by atoms with E-state index in [0.717, 1.165) is 4.90 Å². The fraction of sp³-hybridized carbons (Fsp3) is 0.529.